The summed E-state index contributed by atoms with van der Waals surface area (Å²) in [4.78, 5) is 35.7. The molecule has 1 aromatic heterocycles. The number of aromatic nitrogens is 2. The molecule has 0 bridgehead atoms. The zero-order chi connectivity index (χ0) is 14.4. The van der Waals surface area contributed by atoms with E-state index in [-0.39, 0.29) is 24.7 Å². The van der Waals surface area contributed by atoms with Crippen molar-refractivity contribution in [2.45, 2.75) is 19.9 Å². The van der Waals surface area contributed by atoms with Gasteiger partial charge in [0.1, 0.15) is 18.1 Å². The van der Waals surface area contributed by atoms with Crippen LogP contribution in [0.3, 0.4) is 0 Å². The molecule has 1 amide bonds. The number of amides is 1. The summed E-state index contributed by atoms with van der Waals surface area (Å²) < 4.78 is 5.76. The lowest BCUT2D eigenvalue weighted by molar-refractivity contribution is 0.161. The van der Waals surface area contributed by atoms with E-state index in [0.29, 0.717) is 13.0 Å². The average Bonchev–Trinajstić information content (AvgIpc) is 2.33. The van der Waals surface area contributed by atoms with E-state index in [1.165, 1.54) is 4.57 Å². The number of carbonyl (C=O) groups excluding carboxylic acids is 1. The summed E-state index contributed by atoms with van der Waals surface area (Å²) in [6.07, 6.45) is -0.208. The van der Waals surface area contributed by atoms with Crippen molar-refractivity contribution in [3.8, 4) is 0 Å². The molecule has 1 rings (SSSR count). The molecule has 0 saturated carbocycles. The molecule has 1 aromatic rings. The van der Waals surface area contributed by atoms with Gasteiger partial charge in [-0.05, 0) is 6.42 Å². The third kappa shape index (κ3) is 3.76. The second kappa shape index (κ2) is 6.47. The van der Waals surface area contributed by atoms with Crippen LogP contribution in [0.1, 0.15) is 13.3 Å². The molecule has 9 heteroatoms. The van der Waals surface area contributed by atoms with Gasteiger partial charge in [-0.15, -0.1) is 0 Å². The third-order valence-corrected chi connectivity index (χ3v) is 2.33. The minimum absolute atomic E-state index is 0.0128. The van der Waals surface area contributed by atoms with E-state index in [0.717, 1.165) is 0 Å². The summed E-state index contributed by atoms with van der Waals surface area (Å²) in [5, 5.41) is 2.70. The Kier molecular flexibility index (Phi) is 4.98. The van der Waals surface area contributed by atoms with Crippen molar-refractivity contribution in [2.24, 2.45) is 5.73 Å². The Labute approximate surface area is 108 Å². The number of aromatic amines is 1. The fourth-order valence-electron chi connectivity index (χ4n) is 1.53. The van der Waals surface area contributed by atoms with Crippen LogP contribution in [0.4, 0.5) is 16.3 Å². The molecule has 0 aliphatic heterocycles. The highest BCUT2D eigenvalue weighted by Gasteiger charge is 2.11. The molecule has 9 nitrogen and oxygen atoms in total. The van der Waals surface area contributed by atoms with Crippen molar-refractivity contribution in [3.63, 3.8) is 0 Å². The lowest BCUT2D eigenvalue weighted by atomic mass is 10.4. The van der Waals surface area contributed by atoms with Crippen LogP contribution in [0.25, 0.3) is 0 Å². The molecular weight excluding hydrogens is 254 g/mol. The number of hydrogen-bond donors (Lipinski definition) is 4. The second-order valence-electron chi connectivity index (χ2n) is 3.77. The summed E-state index contributed by atoms with van der Waals surface area (Å²) in [5.41, 5.74) is 9.45. The number of H-pyrrole nitrogens is 1. The third-order valence-electron chi connectivity index (χ3n) is 2.33. The van der Waals surface area contributed by atoms with Gasteiger partial charge in [-0.2, -0.15) is 0 Å². The van der Waals surface area contributed by atoms with Crippen LogP contribution in [0.15, 0.2) is 9.59 Å². The predicted molar refractivity (Wildman–Crippen MR) is 70.1 cm³/mol. The van der Waals surface area contributed by atoms with Crippen LogP contribution in [0.2, 0.25) is 0 Å². The van der Waals surface area contributed by atoms with Crippen molar-refractivity contribution >= 4 is 17.6 Å². The molecule has 0 aliphatic carbocycles. The Hall–Kier alpha value is -2.45. The molecule has 0 fully saturated rings. The fourth-order valence-corrected chi connectivity index (χ4v) is 1.53. The van der Waals surface area contributed by atoms with Gasteiger partial charge in [-0.3, -0.25) is 14.3 Å². The van der Waals surface area contributed by atoms with E-state index in [2.05, 4.69) is 15.0 Å². The van der Waals surface area contributed by atoms with Gasteiger partial charge in [-0.1, -0.05) is 6.92 Å². The summed E-state index contributed by atoms with van der Waals surface area (Å²) in [6, 6.07) is 0. The van der Waals surface area contributed by atoms with Gasteiger partial charge in [0.2, 0.25) is 0 Å². The number of carbonyl (C=O) groups is 1. The van der Waals surface area contributed by atoms with E-state index < -0.39 is 17.3 Å². The Balaban J connectivity index is 2.88. The molecule has 0 atom stereocenters. The maximum absolute atomic E-state index is 11.6. The molecule has 6 N–H and O–H groups in total. The monoisotopic (exact) mass is 271 g/mol. The smallest absolute Gasteiger partial charge is 0.404 e. The van der Waals surface area contributed by atoms with E-state index in [1.807, 2.05) is 6.92 Å². The van der Waals surface area contributed by atoms with Gasteiger partial charge in [0.25, 0.3) is 5.56 Å². The molecular formula is C10H17N5O4. The number of nitrogens with two attached hydrogens (primary N) is 2. The van der Waals surface area contributed by atoms with Gasteiger partial charge in [0.05, 0.1) is 0 Å². The highest BCUT2D eigenvalue weighted by molar-refractivity contribution is 5.64. The molecule has 0 saturated heterocycles. The first-order valence-electron chi connectivity index (χ1n) is 5.76. The van der Waals surface area contributed by atoms with Crippen LogP contribution in [0.5, 0.6) is 0 Å². The van der Waals surface area contributed by atoms with Crippen LogP contribution in [-0.4, -0.2) is 28.8 Å². The zero-order valence-electron chi connectivity index (χ0n) is 10.6. The maximum Gasteiger partial charge on any atom is 0.404 e. The van der Waals surface area contributed by atoms with Crippen LogP contribution in [-0.2, 0) is 11.3 Å². The first-order chi connectivity index (χ1) is 8.97. The second-order valence-corrected chi connectivity index (χ2v) is 3.77. The van der Waals surface area contributed by atoms with Crippen molar-refractivity contribution < 1.29 is 9.53 Å². The molecule has 0 aromatic carbocycles. The highest BCUT2D eigenvalue weighted by Crippen LogP contribution is 2.09. The fraction of sp³-hybridized carbons (Fsp3) is 0.500. The summed E-state index contributed by atoms with van der Waals surface area (Å²) in [7, 11) is 0. The quantitative estimate of drug-likeness (QED) is 0.490. The molecule has 1 heterocycles. The Morgan fingerprint density at radius 2 is 2.16 bits per heavy atom. The minimum atomic E-state index is -0.903. The largest absolute Gasteiger partial charge is 0.448 e. The Morgan fingerprint density at radius 1 is 1.47 bits per heavy atom. The number of nitrogen functional groups attached to an aromatic ring is 1. The molecule has 0 aliphatic rings. The van der Waals surface area contributed by atoms with E-state index in [9.17, 15) is 14.4 Å². The van der Waals surface area contributed by atoms with Gasteiger partial charge in [-0.25, -0.2) is 9.59 Å². The average molecular weight is 271 g/mol. The summed E-state index contributed by atoms with van der Waals surface area (Å²) in [6.45, 7) is 2.42. The maximum atomic E-state index is 11.6. The number of hydrogen-bond acceptors (Lipinski definition) is 6. The van der Waals surface area contributed by atoms with E-state index in [4.69, 9.17) is 11.5 Å². The lowest BCUT2D eigenvalue weighted by Crippen LogP contribution is -2.34. The van der Waals surface area contributed by atoms with Gasteiger partial charge in [0, 0.05) is 13.1 Å². The van der Waals surface area contributed by atoms with E-state index in [1.54, 1.807) is 0 Å². The predicted octanol–water partition coefficient (Wildman–Crippen LogP) is -0.964. The van der Waals surface area contributed by atoms with Crippen LogP contribution >= 0.6 is 0 Å². The molecule has 0 unspecified atom stereocenters. The minimum Gasteiger partial charge on any atom is -0.448 e. The number of nitrogens with one attached hydrogen (secondary N) is 2. The SMILES string of the molecule is CCCn1c(N)c(NCCOC(N)=O)c(=O)[nH]c1=O. The number of ether oxygens (including phenoxy) is 1. The number of anilines is 2. The zero-order valence-corrected chi connectivity index (χ0v) is 10.6. The van der Waals surface area contributed by atoms with Crippen molar-refractivity contribution in [3.05, 3.63) is 20.8 Å². The molecule has 19 heavy (non-hydrogen) atoms. The molecule has 0 radical (unpaired) electrons. The Bertz CT molecular complexity index is 562. The topological polar surface area (TPSA) is 145 Å². The summed E-state index contributed by atoms with van der Waals surface area (Å²) in [5.74, 6) is 0.0506. The van der Waals surface area contributed by atoms with Crippen molar-refractivity contribution in [1.82, 2.24) is 9.55 Å². The first-order valence-corrected chi connectivity index (χ1v) is 5.76. The van der Waals surface area contributed by atoms with E-state index >= 15 is 0 Å². The van der Waals surface area contributed by atoms with Crippen molar-refractivity contribution in [1.29, 1.82) is 0 Å². The molecule has 106 valence electrons. The lowest BCUT2D eigenvalue weighted by Gasteiger charge is -2.12. The van der Waals surface area contributed by atoms with Gasteiger partial charge >= 0.3 is 11.8 Å². The van der Waals surface area contributed by atoms with Gasteiger partial charge in [0.15, 0.2) is 0 Å². The summed E-state index contributed by atoms with van der Waals surface area (Å²) >= 11 is 0. The van der Waals surface area contributed by atoms with Crippen LogP contribution in [0, 0.1) is 0 Å². The number of nitrogens with zero attached hydrogens (tertiary/aromatic N) is 1. The first kappa shape index (κ1) is 14.6. The number of primary amides is 1. The van der Waals surface area contributed by atoms with Crippen LogP contribution < -0.4 is 28.0 Å². The standard InChI is InChI=1S/C10H17N5O4/c1-2-4-15-7(11)6(8(16)14-10(15)18)13-3-5-19-9(12)17/h13H,2-5,11H2,1H3,(H2,12,17)(H,14,16,18). The number of rotatable bonds is 6. The van der Waals surface area contributed by atoms with Crippen molar-refractivity contribution in [2.75, 3.05) is 24.2 Å². The van der Waals surface area contributed by atoms with Gasteiger partial charge < -0.3 is 21.5 Å². The highest BCUT2D eigenvalue weighted by atomic mass is 16.5. The molecule has 0 spiro atoms. The Morgan fingerprint density at radius 3 is 2.74 bits per heavy atom. The normalized spacial score (nSPS) is 10.2.